The number of ether oxygens (including phenoxy) is 1. The van der Waals surface area contributed by atoms with Crippen LogP contribution in [0.15, 0.2) is 0 Å². The summed E-state index contributed by atoms with van der Waals surface area (Å²) in [7, 11) is 0. The van der Waals surface area contributed by atoms with E-state index in [1.54, 1.807) is 0 Å². The molecular formula is C25H49NaO3. The molecule has 0 saturated carbocycles. The van der Waals surface area contributed by atoms with Gasteiger partial charge in [-0.3, -0.25) is 9.59 Å². The van der Waals surface area contributed by atoms with E-state index in [0.29, 0.717) is 6.42 Å². The molecule has 0 aromatic heterocycles. The molecule has 0 N–H and O–H groups in total. The van der Waals surface area contributed by atoms with Gasteiger partial charge in [0.25, 0.3) is 0 Å². The Bertz CT molecular complexity index is 377. The second kappa shape index (κ2) is 24.4. The topological polar surface area (TPSA) is 43.4 Å². The van der Waals surface area contributed by atoms with Crippen molar-refractivity contribution in [2.45, 2.75) is 143 Å². The zero-order chi connectivity index (χ0) is 20.9. The standard InChI is InChI=1S/C25H48O3.Na.H/c1-4-6-8-10-12-14-16-18-20-22-24(26)28-25(27)23(3)21-19-17-15-13-11-9-7-5-2;;/h23H,4-22H2,1-3H3;;/q;+1;-1. The third-order valence-electron chi connectivity index (χ3n) is 5.59. The summed E-state index contributed by atoms with van der Waals surface area (Å²) in [5, 5.41) is 0. The van der Waals surface area contributed by atoms with E-state index in [0.717, 1.165) is 25.7 Å². The van der Waals surface area contributed by atoms with Gasteiger partial charge in [0.2, 0.25) is 0 Å². The van der Waals surface area contributed by atoms with E-state index < -0.39 is 0 Å². The van der Waals surface area contributed by atoms with Crippen molar-refractivity contribution in [3.8, 4) is 0 Å². The Morgan fingerprint density at radius 1 is 0.655 bits per heavy atom. The van der Waals surface area contributed by atoms with E-state index >= 15 is 0 Å². The predicted octanol–water partition coefficient (Wildman–Crippen LogP) is 5.26. The Labute approximate surface area is 205 Å². The first-order chi connectivity index (χ1) is 13.6. The van der Waals surface area contributed by atoms with Crippen LogP contribution in [0.1, 0.15) is 144 Å². The minimum Gasteiger partial charge on any atom is -1.00 e. The normalized spacial score (nSPS) is 11.7. The molecule has 4 heteroatoms. The van der Waals surface area contributed by atoms with Gasteiger partial charge in [0.05, 0.1) is 5.92 Å². The molecule has 0 aliphatic rings. The van der Waals surface area contributed by atoms with E-state index in [1.165, 1.54) is 89.9 Å². The van der Waals surface area contributed by atoms with Crippen LogP contribution in [0.3, 0.4) is 0 Å². The number of hydrogen-bond acceptors (Lipinski definition) is 3. The summed E-state index contributed by atoms with van der Waals surface area (Å²) in [4.78, 5) is 23.8. The van der Waals surface area contributed by atoms with Gasteiger partial charge in [0, 0.05) is 6.42 Å². The summed E-state index contributed by atoms with van der Waals surface area (Å²) in [6.45, 7) is 6.36. The van der Waals surface area contributed by atoms with Crippen LogP contribution in [0.5, 0.6) is 0 Å². The van der Waals surface area contributed by atoms with Crippen molar-refractivity contribution in [3.05, 3.63) is 0 Å². The molecule has 0 saturated heterocycles. The first-order valence-corrected chi connectivity index (χ1v) is 12.4. The number of rotatable bonds is 20. The number of carbonyl (C=O) groups is 2. The second-order valence-corrected chi connectivity index (χ2v) is 8.54. The zero-order valence-electron chi connectivity index (χ0n) is 21.2. The molecule has 0 aliphatic heterocycles. The van der Waals surface area contributed by atoms with Crippen LogP contribution in [0.2, 0.25) is 0 Å². The van der Waals surface area contributed by atoms with Crippen molar-refractivity contribution in [3.63, 3.8) is 0 Å². The zero-order valence-corrected chi connectivity index (χ0v) is 22.2. The fourth-order valence-electron chi connectivity index (χ4n) is 3.55. The molecule has 1 unspecified atom stereocenters. The molecule has 0 aromatic rings. The third kappa shape index (κ3) is 22.6. The Morgan fingerprint density at radius 2 is 1.03 bits per heavy atom. The van der Waals surface area contributed by atoms with E-state index in [2.05, 4.69) is 13.8 Å². The van der Waals surface area contributed by atoms with Gasteiger partial charge in [-0.15, -0.1) is 0 Å². The van der Waals surface area contributed by atoms with Crippen LogP contribution in [-0.2, 0) is 14.3 Å². The molecule has 0 heterocycles. The van der Waals surface area contributed by atoms with Gasteiger partial charge in [-0.25, -0.2) is 0 Å². The van der Waals surface area contributed by atoms with Crippen molar-refractivity contribution >= 4 is 11.9 Å². The Morgan fingerprint density at radius 3 is 1.48 bits per heavy atom. The maximum Gasteiger partial charge on any atom is 1.00 e. The van der Waals surface area contributed by atoms with Crippen LogP contribution in [0.4, 0.5) is 0 Å². The van der Waals surface area contributed by atoms with Gasteiger partial charge < -0.3 is 6.16 Å². The van der Waals surface area contributed by atoms with E-state index in [-0.39, 0.29) is 48.8 Å². The number of hydrogen-bond donors (Lipinski definition) is 0. The number of carbonyl (C=O) groups excluding carboxylic acids is 2. The number of unbranched alkanes of at least 4 members (excludes halogenated alkanes) is 15. The third-order valence-corrected chi connectivity index (χ3v) is 5.59. The van der Waals surface area contributed by atoms with Crippen LogP contribution in [-0.4, -0.2) is 11.9 Å². The minimum atomic E-state index is -0.337. The summed E-state index contributed by atoms with van der Waals surface area (Å²) in [5.41, 5.74) is 0. The van der Waals surface area contributed by atoms with Crippen molar-refractivity contribution < 1.29 is 45.3 Å². The summed E-state index contributed by atoms with van der Waals surface area (Å²) >= 11 is 0. The SMILES string of the molecule is CCCCCCCCCCCC(=O)OC(=O)C(C)CCCCCCCCCC.[H-].[Na+]. The van der Waals surface area contributed by atoms with Crippen molar-refractivity contribution in [2.75, 3.05) is 0 Å². The molecule has 0 fully saturated rings. The molecule has 0 aromatic carbocycles. The Kier molecular flexibility index (Phi) is 26.4. The molecule has 0 amide bonds. The average Bonchev–Trinajstić information content (AvgIpc) is 2.68. The van der Waals surface area contributed by atoms with E-state index in [1.807, 2.05) is 6.92 Å². The van der Waals surface area contributed by atoms with E-state index in [9.17, 15) is 9.59 Å². The first-order valence-electron chi connectivity index (χ1n) is 12.4. The fourth-order valence-corrected chi connectivity index (χ4v) is 3.55. The molecule has 0 aliphatic carbocycles. The summed E-state index contributed by atoms with van der Waals surface area (Å²) in [5.74, 6) is -0.827. The van der Waals surface area contributed by atoms with Crippen molar-refractivity contribution in [1.82, 2.24) is 0 Å². The number of esters is 2. The maximum absolute atomic E-state index is 12.0. The van der Waals surface area contributed by atoms with E-state index in [4.69, 9.17) is 4.74 Å². The summed E-state index contributed by atoms with van der Waals surface area (Å²) in [6.07, 6.45) is 22.3. The largest absolute Gasteiger partial charge is 1.00 e. The molecule has 29 heavy (non-hydrogen) atoms. The van der Waals surface area contributed by atoms with Crippen molar-refractivity contribution in [2.24, 2.45) is 5.92 Å². The van der Waals surface area contributed by atoms with Gasteiger partial charge in [-0.1, -0.05) is 124 Å². The quantitative estimate of drug-likeness (QED) is 0.117. The molecule has 0 bridgehead atoms. The Hall–Kier alpha value is 0.140. The monoisotopic (exact) mass is 420 g/mol. The smallest absolute Gasteiger partial charge is 1.00 e. The van der Waals surface area contributed by atoms with Crippen LogP contribution < -0.4 is 29.6 Å². The van der Waals surface area contributed by atoms with Crippen molar-refractivity contribution in [1.29, 1.82) is 0 Å². The molecule has 168 valence electrons. The molecule has 1 atom stereocenters. The van der Waals surface area contributed by atoms with Crippen LogP contribution in [0, 0.1) is 5.92 Å². The summed E-state index contributed by atoms with van der Waals surface area (Å²) in [6, 6.07) is 0. The Balaban J connectivity index is -0.00000364. The average molecular weight is 421 g/mol. The molecule has 3 nitrogen and oxygen atoms in total. The van der Waals surface area contributed by atoms with Crippen LogP contribution in [0.25, 0.3) is 0 Å². The van der Waals surface area contributed by atoms with Gasteiger partial charge in [-0.2, -0.15) is 0 Å². The molecule has 0 radical (unpaired) electrons. The van der Waals surface area contributed by atoms with Gasteiger partial charge >= 0.3 is 41.5 Å². The second-order valence-electron chi connectivity index (χ2n) is 8.54. The first kappa shape index (κ1) is 31.3. The predicted molar refractivity (Wildman–Crippen MR) is 120 cm³/mol. The van der Waals surface area contributed by atoms with Gasteiger partial charge in [-0.05, 0) is 12.8 Å². The molecular weight excluding hydrogens is 371 g/mol. The fraction of sp³-hybridized carbons (Fsp3) is 0.920. The molecule has 0 rings (SSSR count). The van der Waals surface area contributed by atoms with Gasteiger partial charge in [0.15, 0.2) is 0 Å². The van der Waals surface area contributed by atoms with Crippen LogP contribution >= 0.6 is 0 Å². The molecule has 0 spiro atoms. The van der Waals surface area contributed by atoms with Gasteiger partial charge in [0.1, 0.15) is 0 Å². The maximum atomic E-state index is 12.0. The summed E-state index contributed by atoms with van der Waals surface area (Å²) < 4.78 is 5.03. The minimum absolute atomic E-state index is 0.